The second-order valence-corrected chi connectivity index (χ2v) is 19.8. The molecule has 1 saturated heterocycles. The number of aromatic hydroxyl groups is 1. The maximum absolute atomic E-state index is 14.0. The molecule has 6 N–H and O–H groups in total. The van der Waals surface area contributed by atoms with Crippen LogP contribution in [0.5, 0.6) is 11.5 Å². The molecule has 1 aliphatic heterocycles. The molecule has 3 aromatic carbocycles. The van der Waals surface area contributed by atoms with Crippen LogP contribution >= 0.6 is 11.3 Å². The molecule has 0 spiro atoms. The number of aliphatic hydroxyl groups is 1. The number of hydrogen-bond acceptors (Lipinski definition) is 13. The Morgan fingerprint density at radius 2 is 1.71 bits per heavy atom. The Kier molecular flexibility index (Phi) is 16.0. The van der Waals surface area contributed by atoms with E-state index in [1.807, 2.05) is 58.0 Å². The van der Waals surface area contributed by atoms with E-state index in [0.29, 0.717) is 37.1 Å². The molecule has 18 nitrogen and oxygen atoms in total. The monoisotopic (exact) mass is 976 g/mol. The molecule has 1 aliphatic carbocycles. The van der Waals surface area contributed by atoms with Gasteiger partial charge >= 0.3 is 0 Å². The third kappa shape index (κ3) is 12.4. The lowest BCUT2D eigenvalue weighted by molar-refractivity contribution is -0.144. The fourth-order valence-corrected chi connectivity index (χ4v) is 9.34. The van der Waals surface area contributed by atoms with E-state index < -0.39 is 35.4 Å². The van der Waals surface area contributed by atoms with Crippen molar-refractivity contribution < 1.29 is 48.2 Å². The van der Waals surface area contributed by atoms with Gasteiger partial charge in [0.2, 0.25) is 17.7 Å². The minimum absolute atomic E-state index is 0.0294. The number of nitrogens with zero attached hydrogens (tertiary/aromatic N) is 4. The van der Waals surface area contributed by atoms with Crippen molar-refractivity contribution in [3.8, 4) is 33.3 Å². The standard InChI is InChI=1S/C51H60N8O10S/c1-29-45(70-28-54-29)32-12-10-30(11-13-32)25-53-48(65)40-22-34(60)26-59(40)50(67)46(51(2,3)4)56-43(62)9-7-8-20-52-44(63)27-68-35-17-14-31-16-19-38(37(31)23-35)55-47(64)39-24-42(69-57-39)33-15-18-36(41(61)21-33)49(66)58(5)6/h10-15,17-18,21,23-24,28,34,38,40,46,60-61H,7-9,16,19-20,22,25-27H2,1-6H3,(H,52,63)(H,53,65)(H,55,64)(H,56,62)/t34-,38-,40+,46?/m1/s1. The molecular weight excluding hydrogens is 917 g/mol. The first-order valence-electron chi connectivity index (χ1n) is 23.3. The van der Waals surface area contributed by atoms with E-state index in [1.165, 1.54) is 28.0 Å². The van der Waals surface area contributed by atoms with Crippen LogP contribution in [-0.4, -0.2) is 118 Å². The van der Waals surface area contributed by atoms with Gasteiger partial charge in [-0.3, -0.25) is 28.8 Å². The van der Waals surface area contributed by atoms with Crippen LogP contribution in [0, 0.1) is 12.3 Å². The summed E-state index contributed by atoms with van der Waals surface area (Å²) in [4.78, 5) is 87.1. The molecule has 2 aliphatic rings. The lowest BCUT2D eigenvalue weighted by Crippen LogP contribution is -2.57. The van der Waals surface area contributed by atoms with Gasteiger partial charge in [-0.25, -0.2) is 4.98 Å². The molecule has 1 fully saturated rings. The van der Waals surface area contributed by atoms with Crippen LogP contribution < -0.4 is 26.0 Å². The second-order valence-electron chi connectivity index (χ2n) is 19.0. The van der Waals surface area contributed by atoms with E-state index in [0.717, 1.165) is 39.2 Å². The number of ether oxygens (including phenoxy) is 1. The van der Waals surface area contributed by atoms with Gasteiger partial charge in [-0.2, -0.15) is 0 Å². The summed E-state index contributed by atoms with van der Waals surface area (Å²) < 4.78 is 11.2. The fraction of sp³-hybridized carbons (Fsp3) is 0.412. The van der Waals surface area contributed by atoms with E-state index in [1.54, 1.807) is 49.1 Å². The topological polar surface area (TPSA) is 246 Å². The van der Waals surface area contributed by atoms with E-state index in [-0.39, 0.29) is 85.0 Å². The Balaban J connectivity index is 0.826. The third-order valence-corrected chi connectivity index (χ3v) is 13.4. The Hall–Kier alpha value is -7.12. The van der Waals surface area contributed by atoms with Crippen molar-refractivity contribution in [2.24, 2.45) is 5.41 Å². The number of benzene rings is 3. The number of phenols is 1. The van der Waals surface area contributed by atoms with Gasteiger partial charge in [0.25, 0.3) is 17.7 Å². The summed E-state index contributed by atoms with van der Waals surface area (Å²) in [6.45, 7) is 7.70. The summed E-state index contributed by atoms with van der Waals surface area (Å²) in [6, 6.07) is 17.0. The highest BCUT2D eigenvalue weighted by Crippen LogP contribution is 2.35. The number of amides is 6. The zero-order chi connectivity index (χ0) is 50.3. The second kappa shape index (κ2) is 22.1. The molecule has 3 heterocycles. The number of unbranched alkanes of at least 4 members (excludes halogenated alkanes) is 1. The summed E-state index contributed by atoms with van der Waals surface area (Å²) >= 11 is 1.56. The SMILES string of the molecule is Cc1ncsc1-c1ccc(CNC(=O)[C@@H]2C[C@@H](O)CN2C(=O)C(NC(=O)CCCCNC(=O)COc2ccc3c(c2)[C@H](NC(=O)c2cc(-c4ccc(C(=O)N(C)C)c(O)c4)on2)CC3)C(C)(C)C)cc1. The molecule has 1 unspecified atom stereocenters. The number of thiazole rings is 1. The van der Waals surface area contributed by atoms with Crippen LogP contribution in [0.15, 0.2) is 76.8 Å². The van der Waals surface area contributed by atoms with E-state index in [2.05, 4.69) is 31.4 Å². The Labute approximate surface area is 410 Å². The number of aliphatic hydroxyl groups excluding tert-OH is 1. The van der Waals surface area contributed by atoms with Gasteiger partial charge in [0.05, 0.1) is 33.8 Å². The number of nitrogens with one attached hydrogen (secondary N) is 4. The Morgan fingerprint density at radius 3 is 2.41 bits per heavy atom. The average molecular weight is 977 g/mol. The lowest BCUT2D eigenvalue weighted by Gasteiger charge is -2.35. The molecule has 7 rings (SSSR count). The van der Waals surface area contributed by atoms with Crippen molar-refractivity contribution in [3.05, 3.63) is 106 Å². The van der Waals surface area contributed by atoms with Crippen LogP contribution in [0.25, 0.3) is 21.8 Å². The molecule has 70 heavy (non-hydrogen) atoms. The van der Waals surface area contributed by atoms with Crippen LogP contribution in [0.2, 0.25) is 0 Å². The summed E-state index contributed by atoms with van der Waals surface area (Å²) in [5.41, 5.74) is 6.47. The number of carbonyl (C=O) groups is 6. The number of β-amino-alcohol motifs (C(OH)–C–C–N with tert-alkyl or cyclic N) is 1. The summed E-state index contributed by atoms with van der Waals surface area (Å²) in [7, 11) is 3.17. The minimum Gasteiger partial charge on any atom is -0.507 e. The number of hydrogen-bond donors (Lipinski definition) is 6. The first kappa shape index (κ1) is 50.7. The molecule has 4 atom stereocenters. The van der Waals surface area contributed by atoms with Crippen LogP contribution in [0.1, 0.15) is 102 Å². The molecular formula is C51H60N8O10S. The molecule has 19 heteroatoms. The molecule has 370 valence electrons. The normalized spacial score (nSPS) is 16.8. The quantitative estimate of drug-likeness (QED) is 0.0631. The number of aromatic nitrogens is 2. The number of aryl methyl sites for hydroxylation is 2. The van der Waals surface area contributed by atoms with Crippen LogP contribution in [0.3, 0.4) is 0 Å². The Morgan fingerprint density at radius 1 is 0.957 bits per heavy atom. The third-order valence-electron chi connectivity index (χ3n) is 12.4. The zero-order valence-electron chi connectivity index (χ0n) is 40.2. The molecule has 5 aromatic rings. The first-order chi connectivity index (χ1) is 33.4. The average Bonchev–Trinajstić information content (AvgIpc) is 4.16. The van der Waals surface area contributed by atoms with Crippen LogP contribution in [0.4, 0.5) is 0 Å². The Bertz CT molecular complexity index is 2730. The van der Waals surface area contributed by atoms with Gasteiger partial charge in [-0.1, -0.05) is 62.3 Å². The molecule has 0 bridgehead atoms. The van der Waals surface area contributed by atoms with E-state index in [9.17, 15) is 39.0 Å². The predicted molar refractivity (Wildman–Crippen MR) is 261 cm³/mol. The van der Waals surface area contributed by atoms with Crippen molar-refractivity contribution in [3.63, 3.8) is 0 Å². The zero-order valence-corrected chi connectivity index (χ0v) is 41.0. The maximum Gasteiger partial charge on any atom is 0.273 e. The maximum atomic E-state index is 14.0. The number of fused-ring (bicyclic) bond motifs is 1. The van der Waals surface area contributed by atoms with Crippen molar-refractivity contribution >= 4 is 46.8 Å². The smallest absolute Gasteiger partial charge is 0.273 e. The van der Waals surface area contributed by atoms with Crippen molar-refractivity contribution in [1.82, 2.24) is 41.2 Å². The highest BCUT2D eigenvalue weighted by Gasteiger charge is 2.44. The summed E-state index contributed by atoms with van der Waals surface area (Å²) in [5.74, 6) is -1.88. The van der Waals surface area contributed by atoms with Gasteiger partial charge in [-0.05, 0) is 84.5 Å². The molecule has 0 radical (unpaired) electrons. The van der Waals surface area contributed by atoms with Crippen molar-refractivity contribution in [2.75, 3.05) is 33.8 Å². The van der Waals surface area contributed by atoms with E-state index >= 15 is 0 Å². The minimum atomic E-state index is -0.956. The van der Waals surface area contributed by atoms with Crippen molar-refractivity contribution in [2.45, 2.75) is 97.0 Å². The number of phenolic OH excluding ortho intramolecular Hbond substituents is 1. The molecule has 6 amide bonds. The number of carbonyl (C=O) groups excluding carboxylic acids is 6. The van der Waals surface area contributed by atoms with E-state index in [4.69, 9.17) is 9.26 Å². The van der Waals surface area contributed by atoms with Gasteiger partial charge in [0.1, 0.15) is 23.6 Å². The summed E-state index contributed by atoms with van der Waals surface area (Å²) in [5, 5.41) is 36.5. The number of likely N-dealkylation sites (tertiary alicyclic amines) is 1. The largest absolute Gasteiger partial charge is 0.507 e. The van der Waals surface area contributed by atoms with Crippen molar-refractivity contribution in [1.29, 1.82) is 0 Å². The number of rotatable bonds is 18. The van der Waals surface area contributed by atoms with Gasteiger partial charge < -0.3 is 50.5 Å². The predicted octanol–water partition coefficient (Wildman–Crippen LogP) is 5.07. The highest BCUT2D eigenvalue weighted by atomic mass is 32.1. The first-order valence-corrected chi connectivity index (χ1v) is 24.1. The molecule has 0 saturated carbocycles. The highest BCUT2D eigenvalue weighted by molar-refractivity contribution is 7.13. The van der Waals surface area contributed by atoms with Crippen LogP contribution in [-0.2, 0) is 32.1 Å². The summed E-state index contributed by atoms with van der Waals surface area (Å²) in [6.07, 6.45) is 1.58. The lowest BCUT2D eigenvalue weighted by atomic mass is 9.85. The van der Waals surface area contributed by atoms with Gasteiger partial charge in [0.15, 0.2) is 18.1 Å². The molecule has 2 aromatic heterocycles. The fourth-order valence-electron chi connectivity index (χ4n) is 8.53. The van der Waals surface area contributed by atoms with Gasteiger partial charge in [0, 0.05) is 58.2 Å². The van der Waals surface area contributed by atoms with Gasteiger partial charge in [-0.15, -0.1) is 11.3 Å².